The number of nitrogens with one attached hydrogen (secondary N) is 2. The van der Waals surface area contributed by atoms with Crippen LogP contribution in [0.25, 0.3) is 0 Å². The fourth-order valence-corrected chi connectivity index (χ4v) is 2.44. The van der Waals surface area contributed by atoms with E-state index in [4.69, 9.17) is 4.74 Å². The molecular formula is C20H22N2O3. The van der Waals surface area contributed by atoms with Crippen LogP contribution in [0.3, 0.4) is 0 Å². The number of hydrogen-bond acceptors (Lipinski definition) is 3. The highest BCUT2D eigenvalue weighted by Crippen LogP contribution is 2.30. The summed E-state index contributed by atoms with van der Waals surface area (Å²) in [6.07, 6.45) is 1.95. The topological polar surface area (TPSA) is 67.4 Å². The lowest BCUT2D eigenvalue weighted by Gasteiger charge is -2.17. The second-order valence-electron chi connectivity index (χ2n) is 6.16. The summed E-state index contributed by atoms with van der Waals surface area (Å²) < 4.78 is 5.74. The Labute approximate surface area is 147 Å². The molecule has 130 valence electrons. The molecule has 0 bridgehead atoms. The Bertz CT molecular complexity index is 724. The van der Waals surface area contributed by atoms with Crippen molar-refractivity contribution < 1.29 is 14.3 Å². The molecule has 1 atom stereocenters. The summed E-state index contributed by atoms with van der Waals surface area (Å²) in [6, 6.07) is 16.4. The first-order valence-electron chi connectivity index (χ1n) is 8.59. The van der Waals surface area contributed by atoms with E-state index in [1.165, 1.54) is 0 Å². The number of para-hydroxylation sites is 1. The van der Waals surface area contributed by atoms with E-state index in [1.807, 2.05) is 37.3 Å². The van der Waals surface area contributed by atoms with Crippen LogP contribution < -0.4 is 15.4 Å². The van der Waals surface area contributed by atoms with Crippen LogP contribution in [0, 0.1) is 5.92 Å². The first-order valence-corrected chi connectivity index (χ1v) is 8.59. The summed E-state index contributed by atoms with van der Waals surface area (Å²) in [5.74, 6) is 0.711. The molecule has 3 rings (SSSR count). The number of ether oxygens (including phenoxy) is 1. The lowest BCUT2D eigenvalue weighted by molar-refractivity contribution is -0.122. The smallest absolute Gasteiger partial charge is 0.265 e. The van der Waals surface area contributed by atoms with E-state index in [2.05, 4.69) is 10.6 Å². The summed E-state index contributed by atoms with van der Waals surface area (Å²) >= 11 is 0. The number of benzene rings is 2. The third-order valence-corrected chi connectivity index (χ3v) is 4.05. The van der Waals surface area contributed by atoms with Crippen LogP contribution in [0.5, 0.6) is 5.75 Å². The molecule has 2 aromatic carbocycles. The molecule has 1 saturated carbocycles. The zero-order chi connectivity index (χ0) is 17.6. The van der Waals surface area contributed by atoms with Gasteiger partial charge in [0, 0.05) is 17.3 Å². The molecule has 1 unspecified atom stereocenters. The molecule has 2 amide bonds. The Kier molecular flexibility index (Phi) is 5.33. The van der Waals surface area contributed by atoms with Crippen LogP contribution in [0.1, 0.15) is 26.2 Å². The van der Waals surface area contributed by atoms with Crippen molar-refractivity contribution in [1.82, 2.24) is 0 Å². The maximum atomic E-state index is 12.4. The van der Waals surface area contributed by atoms with Crippen molar-refractivity contribution in [2.24, 2.45) is 5.92 Å². The van der Waals surface area contributed by atoms with Crippen LogP contribution in [0.4, 0.5) is 11.4 Å². The van der Waals surface area contributed by atoms with Crippen molar-refractivity contribution in [3.05, 3.63) is 54.6 Å². The van der Waals surface area contributed by atoms with Gasteiger partial charge in [0.25, 0.3) is 5.91 Å². The summed E-state index contributed by atoms with van der Waals surface area (Å²) in [5.41, 5.74) is 1.41. The van der Waals surface area contributed by atoms with Crippen molar-refractivity contribution in [2.45, 2.75) is 32.3 Å². The van der Waals surface area contributed by atoms with E-state index in [9.17, 15) is 9.59 Å². The molecule has 0 aliphatic heterocycles. The molecule has 0 saturated heterocycles. The summed E-state index contributed by atoms with van der Waals surface area (Å²) in [4.78, 5) is 24.1. The quantitative estimate of drug-likeness (QED) is 0.806. The van der Waals surface area contributed by atoms with Crippen molar-refractivity contribution in [2.75, 3.05) is 10.6 Å². The molecule has 5 heteroatoms. The Morgan fingerprint density at radius 3 is 2.16 bits per heavy atom. The summed E-state index contributed by atoms with van der Waals surface area (Å²) in [6.45, 7) is 1.91. The predicted molar refractivity (Wildman–Crippen MR) is 97.6 cm³/mol. The van der Waals surface area contributed by atoms with Gasteiger partial charge in [0.15, 0.2) is 6.10 Å². The van der Waals surface area contributed by atoms with Gasteiger partial charge in [-0.15, -0.1) is 0 Å². The molecule has 0 heterocycles. The molecule has 2 aromatic rings. The largest absolute Gasteiger partial charge is 0.481 e. The van der Waals surface area contributed by atoms with Gasteiger partial charge in [-0.1, -0.05) is 25.1 Å². The Morgan fingerprint density at radius 2 is 1.60 bits per heavy atom. The van der Waals surface area contributed by atoms with E-state index < -0.39 is 6.10 Å². The van der Waals surface area contributed by atoms with Gasteiger partial charge in [-0.2, -0.15) is 0 Å². The van der Waals surface area contributed by atoms with Crippen molar-refractivity contribution in [3.63, 3.8) is 0 Å². The molecule has 1 aliphatic rings. The molecule has 1 aliphatic carbocycles. The second-order valence-corrected chi connectivity index (χ2v) is 6.16. The predicted octanol–water partition coefficient (Wildman–Crippen LogP) is 3.83. The number of carbonyl (C=O) groups is 2. The lowest BCUT2D eigenvalue weighted by Crippen LogP contribution is -2.32. The van der Waals surface area contributed by atoms with Gasteiger partial charge >= 0.3 is 0 Å². The average molecular weight is 338 g/mol. The maximum absolute atomic E-state index is 12.4. The van der Waals surface area contributed by atoms with Gasteiger partial charge in [0.1, 0.15) is 5.75 Å². The number of carbonyl (C=O) groups excluding carboxylic acids is 2. The fraction of sp³-hybridized carbons (Fsp3) is 0.300. The molecular weight excluding hydrogens is 316 g/mol. The Balaban J connectivity index is 1.56. The van der Waals surface area contributed by atoms with Crippen LogP contribution >= 0.6 is 0 Å². The molecule has 5 nitrogen and oxygen atoms in total. The number of anilines is 2. The molecule has 25 heavy (non-hydrogen) atoms. The highest BCUT2D eigenvalue weighted by atomic mass is 16.5. The number of rotatable bonds is 7. The maximum Gasteiger partial charge on any atom is 0.265 e. The summed E-state index contributed by atoms with van der Waals surface area (Å²) in [5, 5.41) is 5.73. The van der Waals surface area contributed by atoms with E-state index >= 15 is 0 Å². The molecule has 0 radical (unpaired) electrons. The highest BCUT2D eigenvalue weighted by molar-refractivity contribution is 5.96. The van der Waals surface area contributed by atoms with E-state index in [0.29, 0.717) is 17.9 Å². The summed E-state index contributed by atoms with van der Waals surface area (Å²) in [7, 11) is 0. The number of hydrogen-bond donors (Lipinski definition) is 2. The zero-order valence-electron chi connectivity index (χ0n) is 14.2. The van der Waals surface area contributed by atoms with E-state index in [-0.39, 0.29) is 17.7 Å². The molecule has 0 aromatic heterocycles. The average Bonchev–Trinajstić information content (AvgIpc) is 3.47. The minimum Gasteiger partial charge on any atom is -0.481 e. The van der Waals surface area contributed by atoms with E-state index in [1.54, 1.807) is 24.3 Å². The molecule has 0 spiro atoms. The van der Waals surface area contributed by atoms with Gasteiger partial charge in [-0.05, 0) is 55.7 Å². The molecule has 1 fully saturated rings. The van der Waals surface area contributed by atoms with Crippen molar-refractivity contribution >= 4 is 23.2 Å². The van der Waals surface area contributed by atoms with E-state index in [0.717, 1.165) is 18.5 Å². The Morgan fingerprint density at radius 1 is 1.00 bits per heavy atom. The van der Waals surface area contributed by atoms with Crippen molar-refractivity contribution in [3.8, 4) is 5.75 Å². The van der Waals surface area contributed by atoms with Crippen LogP contribution in [0.2, 0.25) is 0 Å². The van der Waals surface area contributed by atoms with Gasteiger partial charge in [-0.25, -0.2) is 0 Å². The Hall–Kier alpha value is -2.82. The second kappa shape index (κ2) is 7.83. The SMILES string of the molecule is CCC(Oc1ccccc1)C(=O)Nc1ccc(NC(=O)C2CC2)cc1. The lowest BCUT2D eigenvalue weighted by atomic mass is 10.2. The van der Waals surface area contributed by atoms with Crippen molar-refractivity contribution in [1.29, 1.82) is 0 Å². The standard InChI is InChI=1S/C20H22N2O3/c1-2-18(25-17-6-4-3-5-7-17)20(24)22-16-12-10-15(11-13-16)21-19(23)14-8-9-14/h3-7,10-14,18H,2,8-9H2,1H3,(H,21,23)(H,22,24). The zero-order valence-corrected chi connectivity index (χ0v) is 14.2. The first kappa shape index (κ1) is 17.0. The van der Waals surface area contributed by atoms with Crippen LogP contribution in [0.15, 0.2) is 54.6 Å². The number of amides is 2. The minimum atomic E-state index is -0.559. The molecule has 2 N–H and O–H groups in total. The van der Waals surface area contributed by atoms with Crippen LogP contribution in [-0.2, 0) is 9.59 Å². The monoisotopic (exact) mass is 338 g/mol. The normalized spacial score (nSPS) is 14.4. The first-order chi connectivity index (χ1) is 12.2. The van der Waals surface area contributed by atoms with Gasteiger partial charge in [-0.3, -0.25) is 9.59 Å². The van der Waals surface area contributed by atoms with Gasteiger partial charge in [0.2, 0.25) is 5.91 Å². The third-order valence-electron chi connectivity index (χ3n) is 4.05. The highest BCUT2D eigenvalue weighted by Gasteiger charge is 2.29. The van der Waals surface area contributed by atoms with Gasteiger partial charge in [0.05, 0.1) is 0 Å². The minimum absolute atomic E-state index is 0.0686. The van der Waals surface area contributed by atoms with Gasteiger partial charge < -0.3 is 15.4 Å². The van der Waals surface area contributed by atoms with Crippen LogP contribution in [-0.4, -0.2) is 17.9 Å². The third kappa shape index (κ3) is 4.83. The fourth-order valence-electron chi connectivity index (χ4n) is 2.44.